The molecule has 1 aliphatic carbocycles. The van der Waals surface area contributed by atoms with E-state index in [0.29, 0.717) is 13.1 Å². The number of rotatable bonds is 5. The molecule has 1 fully saturated rings. The summed E-state index contributed by atoms with van der Waals surface area (Å²) in [6.07, 6.45) is 3.11. The average molecular weight is 303 g/mol. The van der Waals surface area contributed by atoms with Gasteiger partial charge in [0.2, 0.25) is 5.91 Å². The van der Waals surface area contributed by atoms with Crippen molar-refractivity contribution in [1.82, 2.24) is 15.1 Å². The molecule has 1 amide bonds. The Balaban J connectivity index is 1.63. The molecule has 0 radical (unpaired) electrons. The molecule has 21 heavy (non-hydrogen) atoms. The van der Waals surface area contributed by atoms with E-state index in [2.05, 4.69) is 10.4 Å². The smallest absolute Gasteiger partial charge is 0.266 e. The highest BCUT2D eigenvalue weighted by Crippen LogP contribution is 2.26. The Labute approximate surface area is 126 Å². The first-order valence-electron chi connectivity index (χ1n) is 7.14. The van der Waals surface area contributed by atoms with Crippen LogP contribution in [0.1, 0.15) is 19.3 Å². The van der Waals surface area contributed by atoms with Crippen molar-refractivity contribution in [2.45, 2.75) is 25.8 Å². The van der Waals surface area contributed by atoms with Crippen molar-refractivity contribution >= 4 is 17.2 Å². The number of hydrogen-bond donors (Lipinski definition) is 1. The van der Waals surface area contributed by atoms with Crippen LogP contribution in [0.4, 0.5) is 0 Å². The molecule has 0 aliphatic heterocycles. The third-order valence-electron chi connectivity index (χ3n) is 3.74. The fourth-order valence-electron chi connectivity index (χ4n) is 2.26. The molecule has 2 aromatic rings. The van der Waals surface area contributed by atoms with E-state index < -0.39 is 0 Å². The molecule has 1 N–H and O–H groups in total. The minimum absolute atomic E-state index is 0.101. The second-order valence-electron chi connectivity index (χ2n) is 5.18. The molecule has 0 saturated heterocycles. The van der Waals surface area contributed by atoms with E-state index in [9.17, 15) is 9.59 Å². The number of amides is 1. The van der Waals surface area contributed by atoms with E-state index >= 15 is 0 Å². The van der Waals surface area contributed by atoms with E-state index in [-0.39, 0.29) is 17.4 Å². The molecule has 0 unspecified atom stereocenters. The first kappa shape index (κ1) is 14.0. The number of carbonyl (C=O) groups is 1. The maximum absolute atomic E-state index is 11.8. The van der Waals surface area contributed by atoms with Gasteiger partial charge in [-0.2, -0.15) is 5.10 Å². The molecule has 3 rings (SSSR count). The second kappa shape index (κ2) is 6.22. The highest BCUT2D eigenvalue weighted by atomic mass is 32.1. The first-order valence-corrected chi connectivity index (χ1v) is 8.02. The van der Waals surface area contributed by atoms with E-state index in [1.807, 2.05) is 17.5 Å². The van der Waals surface area contributed by atoms with Gasteiger partial charge in [0.05, 0.1) is 11.4 Å². The summed E-state index contributed by atoms with van der Waals surface area (Å²) in [4.78, 5) is 24.6. The van der Waals surface area contributed by atoms with E-state index in [1.165, 1.54) is 10.7 Å². The van der Waals surface area contributed by atoms with Crippen LogP contribution in [0.5, 0.6) is 0 Å². The quantitative estimate of drug-likeness (QED) is 0.917. The Morgan fingerprint density at radius 1 is 1.38 bits per heavy atom. The minimum atomic E-state index is -0.145. The number of carbonyl (C=O) groups excluding carboxylic acids is 1. The lowest BCUT2D eigenvalue weighted by molar-refractivity contribution is -0.127. The van der Waals surface area contributed by atoms with Gasteiger partial charge in [0.1, 0.15) is 5.69 Å². The molecule has 2 aromatic heterocycles. The van der Waals surface area contributed by atoms with Crippen molar-refractivity contribution in [2.24, 2.45) is 5.92 Å². The van der Waals surface area contributed by atoms with Crippen LogP contribution >= 0.6 is 11.3 Å². The van der Waals surface area contributed by atoms with Gasteiger partial charge in [-0.3, -0.25) is 9.59 Å². The van der Waals surface area contributed by atoms with E-state index in [1.54, 1.807) is 17.4 Å². The number of thiophene rings is 1. The maximum atomic E-state index is 11.8. The molecule has 5 nitrogen and oxygen atoms in total. The molecule has 110 valence electrons. The Kier molecular flexibility index (Phi) is 4.15. The lowest BCUT2D eigenvalue weighted by atomic mass is 9.85. The van der Waals surface area contributed by atoms with Gasteiger partial charge in [-0.15, -0.1) is 11.3 Å². The Bertz CT molecular complexity index is 674. The Hall–Kier alpha value is -1.95. The van der Waals surface area contributed by atoms with Gasteiger partial charge in [-0.25, -0.2) is 4.68 Å². The van der Waals surface area contributed by atoms with Crippen LogP contribution < -0.4 is 10.9 Å². The fraction of sp³-hybridized carbons (Fsp3) is 0.400. The lowest BCUT2D eigenvalue weighted by Gasteiger charge is -2.24. The topological polar surface area (TPSA) is 64.0 Å². The van der Waals surface area contributed by atoms with Gasteiger partial charge >= 0.3 is 0 Å². The van der Waals surface area contributed by atoms with E-state index in [4.69, 9.17) is 0 Å². The number of nitrogens with one attached hydrogen (secondary N) is 1. The first-order chi connectivity index (χ1) is 10.2. The van der Waals surface area contributed by atoms with Crippen molar-refractivity contribution in [1.29, 1.82) is 0 Å². The molecular weight excluding hydrogens is 286 g/mol. The summed E-state index contributed by atoms with van der Waals surface area (Å²) in [7, 11) is 0. The Morgan fingerprint density at radius 3 is 2.90 bits per heavy atom. The number of hydrogen-bond acceptors (Lipinski definition) is 4. The lowest BCUT2D eigenvalue weighted by Crippen LogP contribution is -2.37. The van der Waals surface area contributed by atoms with Crippen molar-refractivity contribution < 1.29 is 4.79 Å². The van der Waals surface area contributed by atoms with Gasteiger partial charge in [-0.05, 0) is 30.4 Å². The van der Waals surface area contributed by atoms with E-state index in [0.717, 1.165) is 29.8 Å². The molecule has 0 spiro atoms. The summed E-state index contributed by atoms with van der Waals surface area (Å²) in [5.74, 6) is 0.274. The standard InChI is InChI=1S/C15H17N3O2S/c19-14-7-6-12(13-5-2-10-21-13)17-18(14)9-8-16-15(20)11-3-1-4-11/h2,5-7,10-11H,1,3-4,8-9H2,(H,16,20). The van der Waals surface area contributed by atoms with Crippen molar-refractivity contribution in [3.05, 3.63) is 40.0 Å². The Morgan fingerprint density at radius 2 is 2.24 bits per heavy atom. The summed E-state index contributed by atoms with van der Waals surface area (Å²) in [6, 6.07) is 7.18. The van der Waals surface area contributed by atoms with Crippen LogP contribution in [0.15, 0.2) is 34.4 Å². The highest BCUT2D eigenvalue weighted by molar-refractivity contribution is 7.13. The zero-order valence-corrected chi connectivity index (χ0v) is 12.4. The van der Waals surface area contributed by atoms with Gasteiger partial charge in [0.25, 0.3) is 5.56 Å². The molecule has 0 atom stereocenters. The average Bonchev–Trinajstić information content (AvgIpc) is 2.93. The summed E-state index contributed by atoms with van der Waals surface area (Å²) < 4.78 is 1.41. The predicted octanol–water partition coefficient (Wildman–Crippen LogP) is 1.89. The molecule has 6 heteroatoms. The van der Waals surface area contributed by atoms with Crippen LogP contribution in [0, 0.1) is 5.92 Å². The summed E-state index contributed by atoms with van der Waals surface area (Å²) in [5, 5.41) is 9.21. The zero-order chi connectivity index (χ0) is 14.7. The molecule has 1 aliphatic rings. The van der Waals surface area contributed by atoms with Crippen LogP contribution in [0.25, 0.3) is 10.6 Å². The van der Waals surface area contributed by atoms with Gasteiger partial charge in [0, 0.05) is 18.5 Å². The van der Waals surface area contributed by atoms with Crippen molar-refractivity contribution in [3.8, 4) is 10.6 Å². The molecule has 0 bridgehead atoms. The normalized spacial score (nSPS) is 14.7. The highest BCUT2D eigenvalue weighted by Gasteiger charge is 2.24. The fourth-order valence-corrected chi connectivity index (χ4v) is 2.96. The predicted molar refractivity (Wildman–Crippen MR) is 82.2 cm³/mol. The van der Waals surface area contributed by atoms with Gasteiger partial charge in [0.15, 0.2) is 0 Å². The molecule has 1 saturated carbocycles. The molecule has 0 aromatic carbocycles. The molecular formula is C15H17N3O2S. The van der Waals surface area contributed by atoms with Crippen LogP contribution in [0.2, 0.25) is 0 Å². The number of nitrogens with zero attached hydrogens (tertiary/aromatic N) is 2. The van der Waals surface area contributed by atoms with Crippen LogP contribution in [-0.4, -0.2) is 22.2 Å². The summed E-state index contributed by atoms with van der Waals surface area (Å²) >= 11 is 1.59. The largest absolute Gasteiger partial charge is 0.354 e. The summed E-state index contributed by atoms with van der Waals surface area (Å²) in [5.41, 5.74) is 0.642. The van der Waals surface area contributed by atoms with Crippen molar-refractivity contribution in [2.75, 3.05) is 6.54 Å². The third kappa shape index (κ3) is 3.21. The maximum Gasteiger partial charge on any atom is 0.266 e. The van der Waals surface area contributed by atoms with Crippen molar-refractivity contribution in [3.63, 3.8) is 0 Å². The van der Waals surface area contributed by atoms with Gasteiger partial charge in [-0.1, -0.05) is 12.5 Å². The van der Waals surface area contributed by atoms with Crippen LogP contribution in [-0.2, 0) is 11.3 Å². The SMILES string of the molecule is O=C(NCCn1nc(-c2cccs2)ccc1=O)C1CCC1. The zero-order valence-electron chi connectivity index (χ0n) is 11.6. The third-order valence-corrected chi connectivity index (χ3v) is 4.63. The summed E-state index contributed by atoms with van der Waals surface area (Å²) in [6.45, 7) is 0.840. The van der Waals surface area contributed by atoms with Crippen LogP contribution in [0.3, 0.4) is 0 Å². The second-order valence-corrected chi connectivity index (χ2v) is 6.12. The number of aromatic nitrogens is 2. The molecule has 2 heterocycles. The monoisotopic (exact) mass is 303 g/mol. The minimum Gasteiger partial charge on any atom is -0.354 e. The van der Waals surface area contributed by atoms with Gasteiger partial charge < -0.3 is 5.32 Å².